The number of aliphatic hydroxyl groups is 3. The van der Waals surface area contributed by atoms with Crippen LogP contribution < -0.4 is 0 Å². The molecule has 7 nitrogen and oxygen atoms in total. The van der Waals surface area contributed by atoms with E-state index >= 15 is 0 Å². The number of rotatable bonds is 3. The monoisotopic (exact) mass is 257 g/mol. The SMILES string of the molecule is O=C(O)C1=CN([C@@H]2O[C@H](CO)[C@@H](O)[C@@H]2O)C=CC1. The van der Waals surface area contributed by atoms with E-state index in [0.29, 0.717) is 6.42 Å². The van der Waals surface area contributed by atoms with E-state index in [1.165, 1.54) is 11.1 Å². The predicted molar refractivity (Wildman–Crippen MR) is 59.1 cm³/mol. The zero-order chi connectivity index (χ0) is 13.3. The molecule has 0 bridgehead atoms. The topological polar surface area (TPSA) is 110 Å². The number of carboxylic acid groups (broad SMARTS) is 1. The molecular weight excluding hydrogens is 242 g/mol. The van der Waals surface area contributed by atoms with Crippen LogP contribution in [0.4, 0.5) is 0 Å². The Morgan fingerprint density at radius 3 is 2.72 bits per heavy atom. The van der Waals surface area contributed by atoms with Gasteiger partial charge in [0.05, 0.1) is 12.2 Å². The smallest absolute Gasteiger partial charge is 0.333 e. The van der Waals surface area contributed by atoms with Crippen LogP contribution in [0.1, 0.15) is 6.42 Å². The van der Waals surface area contributed by atoms with Crippen LogP contribution in [0, 0.1) is 0 Å². The fourth-order valence-corrected chi connectivity index (χ4v) is 2.00. The zero-order valence-corrected chi connectivity index (χ0v) is 9.51. The lowest BCUT2D eigenvalue weighted by Crippen LogP contribution is -2.40. The molecule has 4 N–H and O–H groups in total. The molecule has 0 saturated carbocycles. The molecule has 4 atom stereocenters. The third-order valence-electron chi connectivity index (χ3n) is 3.01. The molecule has 2 aliphatic heterocycles. The second-order valence-corrected chi connectivity index (χ2v) is 4.22. The standard InChI is InChI=1S/C11H15NO6/c13-5-7-8(14)9(15)10(18-7)12-3-1-2-6(4-12)11(16)17/h1,3-4,7-10,13-15H,2,5H2,(H,16,17)/t7-,8-,9+,10-/m1/s1. The molecule has 2 heterocycles. The van der Waals surface area contributed by atoms with E-state index in [2.05, 4.69) is 0 Å². The van der Waals surface area contributed by atoms with Crippen LogP contribution >= 0.6 is 0 Å². The lowest BCUT2D eigenvalue weighted by atomic mass is 10.1. The summed E-state index contributed by atoms with van der Waals surface area (Å²) in [7, 11) is 0. The van der Waals surface area contributed by atoms with Crippen LogP contribution in [-0.4, -0.2) is 62.4 Å². The molecule has 2 rings (SSSR count). The second-order valence-electron chi connectivity index (χ2n) is 4.22. The third-order valence-corrected chi connectivity index (χ3v) is 3.01. The van der Waals surface area contributed by atoms with Gasteiger partial charge in [0, 0.05) is 18.8 Å². The average Bonchev–Trinajstić information content (AvgIpc) is 2.66. The summed E-state index contributed by atoms with van der Waals surface area (Å²) in [4.78, 5) is 12.2. The summed E-state index contributed by atoms with van der Waals surface area (Å²) in [6.07, 6.45) is 0.659. The molecule has 2 aliphatic rings. The van der Waals surface area contributed by atoms with Crippen LogP contribution in [0.25, 0.3) is 0 Å². The molecule has 0 aliphatic carbocycles. The molecule has 1 saturated heterocycles. The number of aliphatic carboxylic acids is 1. The highest BCUT2D eigenvalue weighted by Gasteiger charge is 2.44. The summed E-state index contributed by atoms with van der Waals surface area (Å²) in [5.41, 5.74) is 0.162. The first-order valence-electron chi connectivity index (χ1n) is 5.55. The lowest BCUT2D eigenvalue weighted by molar-refractivity contribution is -0.133. The van der Waals surface area contributed by atoms with Crippen molar-refractivity contribution < 1.29 is 30.0 Å². The Labute approximate surface area is 103 Å². The quantitative estimate of drug-likeness (QED) is 0.493. The molecular formula is C11H15NO6. The number of carbonyl (C=O) groups is 1. The van der Waals surface area contributed by atoms with Crippen molar-refractivity contribution in [2.75, 3.05) is 6.61 Å². The number of allylic oxidation sites excluding steroid dienone is 1. The van der Waals surface area contributed by atoms with E-state index in [-0.39, 0.29) is 5.57 Å². The Kier molecular flexibility index (Phi) is 3.67. The lowest BCUT2D eigenvalue weighted by Gasteiger charge is -2.28. The first kappa shape index (κ1) is 13.0. The van der Waals surface area contributed by atoms with Crippen molar-refractivity contribution in [3.05, 3.63) is 24.0 Å². The number of aliphatic hydroxyl groups excluding tert-OH is 3. The fourth-order valence-electron chi connectivity index (χ4n) is 2.00. The summed E-state index contributed by atoms with van der Waals surface area (Å²) in [6, 6.07) is 0. The van der Waals surface area contributed by atoms with Gasteiger partial charge in [0.1, 0.15) is 18.3 Å². The van der Waals surface area contributed by atoms with Gasteiger partial charge >= 0.3 is 5.97 Å². The van der Waals surface area contributed by atoms with Crippen LogP contribution in [0.2, 0.25) is 0 Å². The van der Waals surface area contributed by atoms with Gasteiger partial charge in [0.25, 0.3) is 0 Å². The molecule has 18 heavy (non-hydrogen) atoms. The minimum Gasteiger partial charge on any atom is -0.478 e. The number of carboxylic acids is 1. The van der Waals surface area contributed by atoms with Crippen molar-refractivity contribution >= 4 is 5.97 Å². The van der Waals surface area contributed by atoms with Crippen molar-refractivity contribution in [1.82, 2.24) is 4.90 Å². The van der Waals surface area contributed by atoms with Crippen molar-refractivity contribution in [1.29, 1.82) is 0 Å². The maximum Gasteiger partial charge on any atom is 0.333 e. The zero-order valence-electron chi connectivity index (χ0n) is 9.51. The molecule has 0 unspecified atom stereocenters. The highest BCUT2D eigenvalue weighted by Crippen LogP contribution is 2.26. The molecule has 1 fully saturated rings. The van der Waals surface area contributed by atoms with Crippen molar-refractivity contribution in [3.8, 4) is 0 Å². The molecule has 0 spiro atoms. The maximum atomic E-state index is 10.9. The molecule has 0 amide bonds. The van der Waals surface area contributed by atoms with E-state index in [4.69, 9.17) is 14.9 Å². The molecule has 0 aromatic heterocycles. The Bertz CT molecular complexity index is 393. The van der Waals surface area contributed by atoms with E-state index in [9.17, 15) is 15.0 Å². The Morgan fingerprint density at radius 2 is 2.17 bits per heavy atom. The first-order valence-corrected chi connectivity index (χ1v) is 5.55. The maximum absolute atomic E-state index is 10.9. The van der Waals surface area contributed by atoms with Crippen LogP contribution in [-0.2, 0) is 9.53 Å². The van der Waals surface area contributed by atoms with Crippen molar-refractivity contribution in [3.63, 3.8) is 0 Å². The molecule has 0 aromatic rings. The third kappa shape index (κ3) is 2.25. The van der Waals surface area contributed by atoms with E-state index in [1.54, 1.807) is 12.3 Å². The van der Waals surface area contributed by atoms with E-state index in [1.807, 2.05) is 0 Å². The van der Waals surface area contributed by atoms with Gasteiger partial charge in [-0.25, -0.2) is 4.79 Å². The summed E-state index contributed by atoms with van der Waals surface area (Å²) in [5, 5.41) is 37.3. The normalized spacial score (nSPS) is 35.7. The molecule has 0 radical (unpaired) electrons. The van der Waals surface area contributed by atoms with Crippen LogP contribution in [0.3, 0.4) is 0 Å². The van der Waals surface area contributed by atoms with Gasteiger partial charge in [0.2, 0.25) is 0 Å². The van der Waals surface area contributed by atoms with Gasteiger partial charge in [-0.3, -0.25) is 0 Å². The Morgan fingerprint density at radius 1 is 1.44 bits per heavy atom. The summed E-state index contributed by atoms with van der Waals surface area (Å²) in [6.45, 7) is -0.415. The first-order chi connectivity index (χ1) is 8.54. The van der Waals surface area contributed by atoms with Gasteiger partial charge in [-0.15, -0.1) is 0 Å². The van der Waals surface area contributed by atoms with E-state index < -0.39 is 37.1 Å². The Hall–Kier alpha value is -1.41. The van der Waals surface area contributed by atoms with Gasteiger partial charge in [0.15, 0.2) is 6.23 Å². The van der Waals surface area contributed by atoms with Gasteiger partial charge in [-0.05, 0) is 0 Å². The van der Waals surface area contributed by atoms with Crippen molar-refractivity contribution in [2.24, 2.45) is 0 Å². The largest absolute Gasteiger partial charge is 0.478 e. The predicted octanol–water partition coefficient (Wildman–Crippen LogP) is -1.39. The summed E-state index contributed by atoms with van der Waals surface area (Å²) < 4.78 is 5.29. The summed E-state index contributed by atoms with van der Waals surface area (Å²) in [5.74, 6) is -1.05. The van der Waals surface area contributed by atoms with Crippen molar-refractivity contribution in [2.45, 2.75) is 31.0 Å². The molecule has 7 heteroatoms. The highest BCUT2D eigenvalue weighted by atomic mass is 16.6. The second kappa shape index (κ2) is 5.07. The van der Waals surface area contributed by atoms with Crippen LogP contribution in [0.5, 0.6) is 0 Å². The van der Waals surface area contributed by atoms with Gasteiger partial charge in [-0.1, -0.05) is 6.08 Å². The molecule has 100 valence electrons. The van der Waals surface area contributed by atoms with Crippen LogP contribution in [0.15, 0.2) is 24.0 Å². The average molecular weight is 257 g/mol. The van der Waals surface area contributed by atoms with Gasteiger partial charge in [-0.2, -0.15) is 0 Å². The minimum absolute atomic E-state index is 0.162. The molecule has 0 aromatic carbocycles. The summed E-state index contributed by atoms with van der Waals surface area (Å²) >= 11 is 0. The number of nitrogens with zero attached hydrogens (tertiary/aromatic N) is 1. The number of hydrogen-bond donors (Lipinski definition) is 4. The minimum atomic E-state index is -1.21. The number of hydrogen-bond acceptors (Lipinski definition) is 6. The Balaban J connectivity index is 2.15. The number of ether oxygens (including phenoxy) is 1. The van der Waals surface area contributed by atoms with Gasteiger partial charge < -0.3 is 30.1 Å². The highest BCUT2D eigenvalue weighted by molar-refractivity contribution is 5.87. The fraction of sp³-hybridized carbons (Fsp3) is 0.545. The van der Waals surface area contributed by atoms with E-state index in [0.717, 1.165) is 0 Å².